The zero-order chi connectivity index (χ0) is 11.3. The Balaban J connectivity index is 2.07. The molecule has 82 valence electrons. The summed E-state index contributed by atoms with van der Waals surface area (Å²) < 4.78 is 5.36. The van der Waals surface area contributed by atoms with E-state index in [1.165, 1.54) is 4.90 Å². The molecule has 1 saturated heterocycles. The largest absolute Gasteiger partial charge is 0.358 e. The van der Waals surface area contributed by atoms with Crippen LogP contribution >= 0.6 is 0 Å². The molecule has 4 heteroatoms. The molecule has 1 aromatic carbocycles. The first kappa shape index (κ1) is 9.54. The van der Waals surface area contributed by atoms with Gasteiger partial charge in [0.2, 0.25) is 5.78 Å². The molecule has 1 saturated carbocycles. The van der Waals surface area contributed by atoms with E-state index in [4.69, 9.17) is 4.74 Å². The lowest BCUT2D eigenvalue weighted by Gasteiger charge is -2.26. The summed E-state index contributed by atoms with van der Waals surface area (Å²) in [5.41, 5.74) is 0.0258. The van der Waals surface area contributed by atoms with Gasteiger partial charge in [-0.2, -0.15) is 0 Å². The number of fused-ring (bicyclic) bond motifs is 1. The minimum atomic E-state index is -0.699. The second-order valence-electron chi connectivity index (χ2n) is 4.15. The Morgan fingerprint density at radius 2 is 2.00 bits per heavy atom. The van der Waals surface area contributed by atoms with Crippen LogP contribution in [0.15, 0.2) is 30.3 Å². The van der Waals surface area contributed by atoms with Gasteiger partial charge in [-0.3, -0.25) is 14.5 Å². The van der Waals surface area contributed by atoms with Gasteiger partial charge < -0.3 is 4.74 Å². The van der Waals surface area contributed by atoms with Crippen molar-refractivity contribution >= 4 is 17.4 Å². The first-order chi connectivity index (χ1) is 7.70. The maximum atomic E-state index is 11.8. The van der Waals surface area contributed by atoms with Crippen LogP contribution in [0.4, 0.5) is 5.69 Å². The van der Waals surface area contributed by atoms with Crippen molar-refractivity contribution in [3.8, 4) is 0 Å². The predicted octanol–water partition coefficient (Wildman–Crippen LogP) is 0.965. The molecule has 2 unspecified atom stereocenters. The van der Waals surface area contributed by atoms with Crippen LogP contribution in [0.25, 0.3) is 0 Å². The highest BCUT2D eigenvalue weighted by atomic mass is 16.5. The third-order valence-electron chi connectivity index (χ3n) is 3.36. The third-order valence-corrected chi connectivity index (χ3v) is 3.36. The van der Waals surface area contributed by atoms with Gasteiger partial charge in [0.25, 0.3) is 5.91 Å². The Morgan fingerprint density at radius 3 is 2.62 bits per heavy atom. The van der Waals surface area contributed by atoms with Crippen molar-refractivity contribution in [2.45, 2.75) is 12.1 Å². The molecule has 0 spiro atoms. The topological polar surface area (TPSA) is 46.6 Å². The minimum absolute atomic E-state index is 0.273. The van der Waals surface area contributed by atoms with Crippen LogP contribution in [0, 0.1) is 5.92 Å². The Kier molecular flexibility index (Phi) is 1.74. The molecular weight excluding hydrogens is 206 g/mol. The number of Topliss-reactive ketones (excluding diaryl/α,β-unsaturated/α-hetero) is 1. The summed E-state index contributed by atoms with van der Waals surface area (Å²) in [4.78, 5) is 24.9. The summed E-state index contributed by atoms with van der Waals surface area (Å²) in [6, 6.07) is 9.17. The highest BCUT2D eigenvalue weighted by Gasteiger charge is 2.72. The van der Waals surface area contributed by atoms with Crippen LogP contribution in [0.2, 0.25) is 0 Å². The number of hydrogen-bond acceptors (Lipinski definition) is 3. The van der Waals surface area contributed by atoms with Crippen molar-refractivity contribution in [1.82, 2.24) is 0 Å². The van der Waals surface area contributed by atoms with E-state index in [0.717, 1.165) is 5.69 Å². The molecule has 0 aromatic heterocycles. The molecule has 1 aliphatic heterocycles. The van der Waals surface area contributed by atoms with E-state index >= 15 is 0 Å². The molecule has 2 fully saturated rings. The van der Waals surface area contributed by atoms with Crippen LogP contribution in [0.5, 0.6) is 0 Å². The Morgan fingerprint density at radius 1 is 1.31 bits per heavy atom. The van der Waals surface area contributed by atoms with E-state index in [2.05, 4.69) is 0 Å². The van der Waals surface area contributed by atoms with E-state index in [9.17, 15) is 9.59 Å². The molecule has 16 heavy (non-hydrogen) atoms. The standard InChI is InChI=1S/C12H11NO3/c1-16-12-7-9(12)10(14)11(15)13(12)8-5-3-2-4-6-8/h2-6,9H,7H2,1H3. The van der Waals surface area contributed by atoms with Gasteiger partial charge in [0.15, 0.2) is 5.72 Å². The monoisotopic (exact) mass is 217 g/mol. The number of ether oxygens (including phenoxy) is 1. The quantitative estimate of drug-likeness (QED) is 0.693. The fraction of sp³-hybridized carbons (Fsp3) is 0.333. The van der Waals surface area contributed by atoms with Gasteiger partial charge in [0.1, 0.15) is 0 Å². The smallest absolute Gasteiger partial charge is 0.297 e. The Labute approximate surface area is 92.8 Å². The minimum Gasteiger partial charge on any atom is -0.358 e. The van der Waals surface area contributed by atoms with Gasteiger partial charge in [0.05, 0.1) is 5.92 Å². The van der Waals surface area contributed by atoms with Gasteiger partial charge >= 0.3 is 0 Å². The van der Waals surface area contributed by atoms with Crippen LogP contribution in [0.3, 0.4) is 0 Å². The van der Waals surface area contributed by atoms with Gasteiger partial charge in [-0.1, -0.05) is 18.2 Å². The first-order valence-electron chi connectivity index (χ1n) is 5.19. The van der Waals surface area contributed by atoms with Crippen molar-refractivity contribution in [1.29, 1.82) is 0 Å². The van der Waals surface area contributed by atoms with E-state index in [1.54, 1.807) is 7.11 Å². The fourth-order valence-corrected chi connectivity index (χ4v) is 2.44. The molecule has 1 amide bonds. The number of methoxy groups -OCH3 is 1. The van der Waals surface area contributed by atoms with Crippen LogP contribution in [-0.2, 0) is 14.3 Å². The summed E-state index contributed by atoms with van der Waals surface area (Å²) in [6.45, 7) is 0. The molecule has 4 nitrogen and oxygen atoms in total. The number of ketones is 1. The van der Waals surface area contributed by atoms with Gasteiger partial charge in [-0.25, -0.2) is 0 Å². The summed E-state index contributed by atoms with van der Waals surface area (Å²) in [6.07, 6.45) is 0.614. The molecular formula is C12H11NO3. The summed E-state index contributed by atoms with van der Waals surface area (Å²) in [5, 5.41) is 0. The molecule has 0 bridgehead atoms. The molecule has 1 heterocycles. The maximum absolute atomic E-state index is 11.8. The number of carbonyl (C=O) groups excluding carboxylic acids is 2. The lowest BCUT2D eigenvalue weighted by molar-refractivity contribution is -0.135. The Bertz CT molecular complexity index is 470. The van der Waals surface area contributed by atoms with Crippen LogP contribution in [0.1, 0.15) is 6.42 Å². The number of anilines is 1. The zero-order valence-electron chi connectivity index (χ0n) is 8.84. The number of nitrogens with zero attached hydrogens (tertiary/aromatic N) is 1. The predicted molar refractivity (Wildman–Crippen MR) is 56.8 cm³/mol. The number of para-hydroxylation sites is 1. The van der Waals surface area contributed by atoms with Gasteiger partial charge in [-0.05, 0) is 12.1 Å². The summed E-state index contributed by atoms with van der Waals surface area (Å²) in [5.74, 6) is -1.06. The molecule has 1 aromatic rings. The number of benzene rings is 1. The molecule has 2 atom stereocenters. The summed E-state index contributed by atoms with van der Waals surface area (Å²) in [7, 11) is 1.54. The van der Waals surface area contributed by atoms with Crippen molar-refractivity contribution in [3.05, 3.63) is 30.3 Å². The number of piperidine rings is 1. The average molecular weight is 217 g/mol. The van der Waals surface area contributed by atoms with Crippen LogP contribution < -0.4 is 4.90 Å². The van der Waals surface area contributed by atoms with Crippen molar-refractivity contribution in [2.24, 2.45) is 5.92 Å². The number of rotatable bonds is 2. The van der Waals surface area contributed by atoms with Crippen molar-refractivity contribution in [3.63, 3.8) is 0 Å². The van der Waals surface area contributed by atoms with Crippen molar-refractivity contribution < 1.29 is 14.3 Å². The Hall–Kier alpha value is -1.68. The molecule has 3 rings (SSSR count). The lowest BCUT2D eigenvalue weighted by atomic mass is 10.2. The highest BCUT2D eigenvalue weighted by Crippen LogP contribution is 2.55. The van der Waals surface area contributed by atoms with E-state index < -0.39 is 11.6 Å². The molecule has 1 aliphatic carbocycles. The number of hydrogen-bond donors (Lipinski definition) is 0. The normalized spacial score (nSPS) is 31.8. The van der Waals surface area contributed by atoms with Crippen LogP contribution in [-0.4, -0.2) is 24.5 Å². The molecule has 2 aliphatic rings. The molecule has 0 radical (unpaired) electrons. The molecule has 0 N–H and O–H groups in total. The zero-order valence-corrected chi connectivity index (χ0v) is 8.84. The average Bonchev–Trinajstić information content (AvgIpc) is 3.00. The second-order valence-corrected chi connectivity index (χ2v) is 4.15. The fourth-order valence-electron chi connectivity index (χ4n) is 2.44. The summed E-state index contributed by atoms with van der Waals surface area (Å²) >= 11 is 0. The van der Waals surface area contributed by atoms with Crippen molar-refractivity contribution in [2.75, 3.05) is 12.0 Å². The van der Waals surface area contributed by atoms with Gasteiger partial charge in [-0.15, -0.1) is 0 Å². The van der Waals surface area contributed by atoms with E-state index in [0.29, 0.717) is 6.42 Å². The van der Waals surface area contributed by atoms with E-state index in [1.807, 2.05) is 30.3 Å². The van der Waals surface area contributed by atoms with E-state index in [-0.39, 0.29) is 11.7 Å². The third kappa shape index (κ3) is 0.971. The number of amides is 1. The second kappa shape index (κ2) is 2.92. The maximum Gasteiger partial charge on any atom is 0.297 e. The first-order valence-corrected chi connectivity index (χ1v) is 5.19. The van der Waals surface area contributed by atoms with Gasteiger partial charge in [0, 0.05) is 19.2 Å². The highest BCUT2D eigenvalue weighted by molar-refractivity contribution is 6.46. The lowest BCUT2D eigenvalue weighted by Crippen LogP contribution is -2.40. The number of carbonyl (C=O) groups is 2. The SMILES string of the molecule is COC12CC1C(=O)C(=O)N2c1ccccc1.